The summed E-state index contributed by atoms with van der Waals surface area (Å²) in [6, 6.07) is -0.672. The van der Waals surface area contributed by atoms with E-state index in [-0.39, 0.29) is 12.4 Å². The molecule has 5 nitrogen and oxygen atoms in total. The first kappa shape index (κ1) is 16.5. The van der Waals surface area contributed by atoms with Gasteiger partial charge in [0.25, 0.3) is 0 Å². The van der Waals surface area contributed by atoms with Crippen molar-refractivity contribution < 1.29 is 19.1 Å². The quantitative estimate of drug-likeness (QED) is 0.583. The zero-order chi connectivity index (χ0) is 11.0. The molecule has 0 radical (unpaired) electrons. The average Bonchev–Trinajstić information content (AvgIpc) is 2.16. The summed E-state index contributed by atoms with van der Waals surface area (Å²) in [5, 5.41) is 2.35. The van der Waals surface area contributed by atoms with Gasteiger partial charge in [0, 0.05) is 0 Å². The highest BCUT2D eigenvalue weighted by Gasteiger charge is 2.15. The number of esters is 1. The second-order valence-electron chi connectivity index (χ2n) is 2.88. The number of alkyl carbamates (subject to hydrolysis) is 1. The van der Waals surface area contributed by atoms with Crippen molar-refractivity contribution in [1.82, 2.24) is 5.32 Å². The van der Waals surface area contributed by atoms with E-state index < -0.39 is 18.1 Å². The third-order valence-electron chi connectivity index (χ3n) is 1.62. The molecule has 0 aliphatic carbocycles. The van der Waals surface area contributed by atoms with Crippen LogP contribution in [0.3, 0.4) is 0 Å². The molecule has 1 atom stereocenters. The maximum Gasteiger partial charge on any atom is 0.407 e. The molecule has 15 heavy (non-hydrogen) atoms. The summed E-state index contributed by atoms with van der Waals surface area (Å²) in [5.74, 6) is -0.488. The van der Waals surface area contributed by atoms with Crippen molar-refractivity contribution in [3.63, 3.8) is 0 Å². The third kappa shape index (κ3) is 8.05. The maximum atomic E-state index is 11.0. The van der Waals surface area contributed by atoms with Gasteiger partial charge in [-0.1, -0.05) is 13.3 Å². The summed E-state index contributed by atoms with van der Waals surface area (Å²) in [5.41, 5.74) is 0. The first-order valence-corrected chi connectivity index (χ1v) is 4.63. The molecule has 0 aliphatic heterocycles. The lowest BCUT2D eigenvalue weighted by atomic mass is 10.3. The van der Waals surface area contributed by atoms with Gasteiger partial charge in [0.1, 0.15) is 6.04 Å². The van der Waals surface area contributed by atoms with Gasteiger partial charge in [-0.15, -0.1) is 12.4 Å². The second-order valence-corrected chi connectivity index (χ2v) is 2.88. The van der Waals surface area contributed by atoms with Crippen LogP contribution < -0.4 is 5.32 Å². The molecule has 0 aliphatic rings. The number of hydrogen-bond donors (Lipinski definition) is 1. The Hall–Kier alpha value is -0.970. The van der Waals surface area contributed by atoms with Crippen molar-refractivity contribution in [1.29, 1.82) is 0 Å². The minimum Gasteiger partial charge on any atom is -0.467 e. The molecule has 0 aromatic heterocycles. The number of carbonyl (C=O) groups is 2. The van der Waals surface area contributed by atoms with Gasteiger partial charge in [-0.25, -0.2) is 9.59 Å². The van der Waals surface area contributed by atoms with Crippen molar-refractivity contribution >= 4 is 24.5 Å². The smallest absolute Gasteiger partial charge is 0.407 e. The van der Waals surface area contributed by atoms with Crippen molar-refractivity contribution in [3.05, 3.63) is 0 Å². The fourth-order valence-electron chi connectivity index (χ4n) is 0.763. The van der Waals surface area contributed by atoms with Crippen LogP contribution in [0.2, 0.25) is 0 Å². The van der Waals surface area contributed by atoms with Crippen LogP contribution in [-0.4, -0.2) is 31.8 Å². The molecule has 0 rings (SSSR count). The Balaban J connectivity index is 0. The Kier molecular flexibility index (Phi) is 10.5. The predicted octanol–water partition coefficient (Wildman–Crippen LogP) is 1.50. The molecule has 0 aromatic carbocycles. The molecule has 0 saturated heterocycles. The van der Waals surface area contributed by atoms with Gasteiger partial charge in [0.15, 0.2) is 0 Å². The molecule has 0 bridgehead atoms. The zero-order valence-corrected chi connectivity index (χ0v) is 10.1. The number of halogens is 1. The fraction of sp³-hybridized carbons (Fsp3) is 0.778. The molecule has 1 amide bonds. The van der Waals surface area contributed by atoms with Crippen molar-refractivity contribution in [2.75, 3.05) is 13.7 Å². The van der Waals surface area contributed by atoms with Gasteiger partial charge in [-0.2, -0.15) is 0 Å². The van der Waals surface area contributed by atoms with Crippen LogP contribution >= 0.6 is 12.4 Å². The second kappa shape index (κ2) is 9.58. The van der Waals surface area contributed by atoms with E-state index in [0.717, 1.165) is 12.8 Å². The van der Waals surface area contributed by atoms with Gasteiger partial charge in [-0.05, 0) is 13.3 Å². The number of carbonyl (C=O) groups excluding carboxylic acids is 2. The zero-order valence-electron chi connectivity index (χ0n) is 9.24. The molecule has 0 fully saturated rings. The lowest BCUT2D eigenvalue weighted by molar-refractivity contribution is -0.142. The lowest BCUT2D eigenvalue weighted by Gasteiger charge is -2.11. The third-order valence-corrected chi connectivity index (χ3v) is 1.62. The Morgan fingerprint density at radius 3 is 2.47 bits per heavy atom. The summed E-state index contributed by atoms with van der Waals surface area (Å²) >= 11 is 0. The predicted molar refractivity (Wildman–Crippen MR) is 58.1 cm³/mol. The molecule has 1 N–H and O–H groups in total. The number of unbranched alkanes of at least 4 members (excludes halogenated alkanes) is 1. The number of methoxy groups -OCH3 is 1. The van der Waals surface area contributed by atoms with Crippen LogP contribution in [0.25, 0.3) is 0 Å². The summed E-state index contributed by atoms with van der Waals surface area (Å²) in [6.45, 7) is 3.90. The lowest BCUT2D eigenvalue weighted by Crippen LogP contribution is -2.39. The van der Waals surface area contributed by atoms with E-state index in [1.807, 2.05) is 6.92 Å². The highest BCUT2D eigenvalue weighted by Crippen LogP contribution is 1.91. The van der Waals surface area contributed by atoms with E-state index in [1.165, 1.54) is 14.0 Å². The maximum absolute atomic E-state index is 11.0. The van der Waals surface area contributed by atoms with Crippen LogP contribution in [0.1, 0.15) is 26.7 Å². The monoisotopic (exact) mass is 239 g/mol. The first-order chi connectivity index (χ1) is 6.61. The minimum absolute atomic E-state index is 0. The average molecular weight is 240 g/mol. The standard InChI is InChI=1S/C9H17NO4.ClH/c1-4-5-6-14-9(12)10-7(2)8(11)13-3;/h7H,4-6H2,1-3H3,(H,10,12);1H. The number of hydrogen-bond acceptors (Lipinski definition) is 4. The van der Waals surface area contributed by atoms with E-state index in [4.69, 9.17) is 4.74 Å². The van der Waals surface area contributed by atoms with Crippen LogP contribution in [0.5, 0.6) is 0 Å². The van der Waals surface area contributed by atoms with Crippen LogP contribution in [0.15, 0.2) is 0 Å². The summed E-state index contributed by atoms with van der Waals surface area (Å²) in [4.78, 5) is 21.9. The van der Waals surface area contributed by atoms with Crippen LogP contribution in [-0.2, 0) is 14.3 Å². The Morgan fingerprint density at radius 2 is 2.00 bits per heavy atom. The Bertz CT molecular complexity index is 199. The van der Waals surface area contributed by atoms with Gasteiger partial charge in [0.05, 0.1) is 13.7 Å². The largest absolute Gasteiger partial charge is 0.467 e. The molecule has 1 unspecified atom stereocenters. The minimum atomic E-state index is -0.672. The number of rotatable bonds is 5. The van der Waals surface area contributed by atoms with E-state index in [2.05, 4.69) is 10.1 Å². The Labute approximate surface area is 95.9 Å². The van der Waals surface area contributed by atoms with Gasteiger partial charge in [0.2, 0.25) is 0 Å². The number of amides is 1. The van der Waals surface area contributed by atoms with Crippen LogP contribution in [0, 0.1) is 0 Å². The molecule has 6 heteroatoms. The SMILES string of the molecule is CCCCOC(=O)NC(C)C(=O)OC.Cl. The number of nitrogens with one attached hydrogen (secondary N) is 1. The highest BCUT2D eigenvalue weighted by atomic mass is 35.5. The van der Waals surface area contributed by atoms with E-state index in [1.54, 1.807) is 0 Å². The van der Waals surface area contributed by atoms with E-state index in [9.17, 15) is 9.59 Å². The summed E-state index contributed by atoms with van der Waals surface area (Å²) in [6.07, 6.45) is 1.19. The first-order valence-electron chi connectivity index (χ1n) is 4.63. The Morgan fingerprint density at radius 1 is 1.40 bits per heavy atom. The summed E-state index contributed by atoms with van der Waals surface area (Å²) < 4.78 is 9.22. The molecule has 90 valence electrons. The van der Waals surface area contributed by atoms with Crippen molar-refractivity contribution in [3.8, 4) is 0 Å². The summed E-state index contributed by atoms with van der Waals surface area (Å²) in [7, 11) is 1.27. The normalized spacial score (nSPS) is 10.9. The molecule has 0 heterocycles. The molecule has 0 spiro atoms. The number of ether oxygens (including phenoxy) is 2. The van der Waals surface area contributed by atoms with Crippen molar-refractivity contribution in [2.45, 2.75) is 32.7 Å². The molecular weight excluding hydrogens is 222 g/mol. The fourth-order valence-corrected chi connectivity index (χ4v) is 0.763. The molecule has 0 saturated carbocycles. The highest BCUT2D eigenvalue weighted by molar-refractivity contribution is 5.85. The van der Waals surface area contributed by atoms with Gasteiger partial charge in [-0.3, -0.25) is 0 Å². The van der Waals surface area contributed by atoms with Gasteiger partial charge < -0.3 is 14.8 Å². The molecule has 0 aromatic rings. The topological polar surface area (TPSA) is 64.6 Å². The van der Waals surface area contributed by atoms with E-state index >= 15 is 0 Å². The van der Waals surface area contributed by atoms with E-state index in [0.29, 0.717) is 6.61 Å². The van der Waals surface area contributed by atoms with Gasteiger partial charge >= 0.3 is 12.1 Å². The van der Waals surface area contributed by atoms with Crippen LogP contribution in [0.4, 0.5) is 4.79 Å². The van der Waals surface area contributed by atoms with Crippen molar-refractivity contribution in [2.24, 2.45) is 0 Å². The molecular formula is C9H18ClNO4.